The number of rotatable bonds is 3. The number of nitrogens with one attached hydrogen (secondary N) is 1. The Morgan fingerprint density at radius 3 is 2.85 bits per heavy atom. The van der Waals surface area contributed by atoms with Crippen molar-refractivity contribution in [2.24, 2.45) is 7.05 Å². The number of carbonyl (C=O) groups is 1. The Morgan fingerprint density at radius 2 is 2.11 bits per heavy atom. The lowest BCUT2D eigenvalue weighted by atomic mass is 9.98. The average Bonchev–Trinajstić information content (AvgIpc) is 3.29. The van der Waals surface area contributed by atoms with Gasteiger partial charge in [0.1, 0.15) is 5.82 Å². The summed E-state index contributed by atoms with van der Waals surface area (Å²) < 4.78 is 6.77. The Hall–Kier alpha value is -3.16. The van der Waals surface area contributed by atoms with Gasteiger partial charge in [0.15, 0.2) is 5.82 Å². The van der Waals surface area contributed by atoms with Gasteiger partial charge in [-0.1, -0.05) is 35.5 Å². The normalized spacial score (nSPS) is 17.1. The maximum absolute atomic E-state index is 12.9. The van der Waals surface area contributed by atoms with E-state index in [4.69, 9.17) is 4.52 Å². The molecule has 2 aromatic heterocycles. The number of piperidine rings is 1. The highest BCUT2D eigenvalue weighted by Gasteiger charge is 2.28. The van der Waals surface area contributed by atoms with Gasteiger partial charge in [-0.2, -0.15) is 10.1 Å². The van der Waals surface area contributed by atoms with Gasteiger partial charge in [-0.25, -0.2) is 4.79 Å². The van der Waals surface area contributed by atoms with Crippen LogP contribution in [0.15, 0.2) is 41.1 Å². The fourth-order valence-corrected chi connectivity index (χ4v) is 3.45. The topological polar surface area (TPSA) is 89.1 Å². The zero-order valence-electron chi connectivity index (χ0n) is 15.4. The summed E-state index contributed by atoms with van der Waals surface area (Å²) in [6.07, 6.45) is 3.62. The first-order valence-corrected chi connectivity index (χ1v) is 9.05. The SMILES string of the molecule is Cc1nc(C2CCCN(C(=O)Nc3c(-c4ccccc4)cnn3C)C2)no1. The molecule has 0 spiro atoms. The molecule has 1 N–H and O–H groups in total. The molecule has 0 saturated carbocycles. The molecule has 8 heteroatoms. The number of benzene rings is 1. The van der Waals surface area contributed by atoms with Crippen molar-refractivity contribution < 1.29 is 9.32 Å². The quantitative estimate of drug-likeness (QED) is 0.769. The third-order valence-corrected chi connectivity index (χ3v) is 4.87. The molecule has 0 aliphatic carbocycles. The van der Waals surface area contributed by atoms with Crippen molar-refractivity contribution in [2.45, 2.75) is 25.7 Å². The third kappa shape index (κ3) is 3.55. The van der Waals surface area contributed by atoms with Crippen molar-refractivity contribution in [2.75, 3.05) is 18.4 Å². The van der Waals surface area contributed by atoms with Crippen LogP contribution < -0.4 is 5.32 Å². The Bertz CT molecular complexity index is 933. The molecule has 3 heterocycles. The number of hydrogen-bond acceptors (Lipinski definition) is 5. The minimum absolute atomic E-state index is 0.0991. The minimum atomic E-state index is -0.138. The molecular weight excluding hydrogens is 344 g/mol. The molecule has 0 radical (unpaired) electrons. The predicted molar refractivity (Wildman–Crippen MR) is 100 cm³/mol. The lowest BCUT2D eigenvalue weighted by Gasteiger charge is -2.31. The Balaban J connectivity index is 1.50. The number of likely N-dealkylation sites (tertiary alicyclic amines) is 1. The van der Waals surface area contributed by atoms with Crippen LogP contribution in [0.3, 0.4) is 0 Å². The highest BCUT2D eigenvalue weighted by atomic mass is 16.5. The van der Waals surface area contributed by atoms with Gasteiger partial charge < -0.3 is 9.42 Å². The Morgan fingerprint density at radius 1 is 1.30 bits per heavy atom. The van der Waals surface area contributed by atoms with Crippen molar-refractivity contribution in [3.8, 4) is 11.1 Å². The summed E-state index contributed by atoms with van der Waals surface area (Å²) >= 11 is 0. The van der Waals surface area contributed by atoms with Gasteiger partial charge in [0.25, 0.3) is 0 Å². The van der Waals surface area contributed by atoms with Crippen LogP contribution in [0.4, 0.5) is 10.6 Å². The fourth-order valence-electron chi connectivity index (χ4n) is 3.45. The number of aromatic nitrogens is 4. The molecule has 8 nitrogen and oxygen atoms in total. The molecule has 2 amide bonds. The first-order chi connectivity index (χ1) is 13.1. The largest absolute Gasteiger partial charge is 0.340 e. The van der Waals surface area contributed by atoms with Crippen molar-refractivity contribution >= 4 is 11.8 Å². The number of aryl methyl sites for hydroxylation is 2. The van der Waals surface area contributed by atoms with Gasteiger partial charge in [-0.15, -0.1) is 0 Å². The number of hydrogen-bond donors (Lipinski definition) is 1. The zero-order valence-corrected chi connectivity index (χ0v) is 15.4. The predicted octanol–water partition coefficient (Wildman–Crippen LogP) is 3.19. The van der Waals surface area contributed by atoms with Crippen LogP contribution in [0.1, 0.15) is 30.5 Å². The molecule has 3 aromatic rings. The molecule has 1 unspecified atom stereocenters. The zero-order chi connectivity index (χ0) is 18.8. The van der Waals surface area contributed by atoms with Crippen molar-refractivity contribution in [1.82, 2.24) is 24.8 Å². The maximum atomic E-state index is 12.9. The number of nitrogens with zero attached hydrogens (tertiary/aromatic N) is 5. The minimum Gasteiger partial charge on any atom is -0.340 e. The molecule has 1 aromatic carbocycles. The second kappa shape index (κ2) is 7.22. The Kier molecular flexibility index (Phi) is 4.62. The standard InChI is InChI=1S/C19H22N6O2/c1-13-21-17(23-27-13)15-9-6-10-25(12-15)19(26)22-18-16(11-20-24(18)2)14-7-4-3-5-8-14/h3-5,7-8,11,15H,6,9-10,12H2,1-2H3,(H,22,26). The van der Waals surface area contributed by atoms with Crippen LogP contribution >= 0.6 is 0 Å². The molecule has 1 saturated heterocycles. The Labute approximate surface area is 157 Å². The van der Waals surface area contributed by atoms with E-state index in [9.17, 15) is 4.79 Å². The van der Waals surface area contributed by atoms with E-state index in [1.54, 1.807) is 17.8 Å². The van der Waals surface area contributed by atoms with Gasteiger partial charge in [-0.3, -0.25) is 10.00 Å². The van der Waals surface area contributed by atoms with E-state index in [0.717, 1.165) is 24.0 Å². The summed E-state index contributed by atoms with van der Waals surface area (Å²) in [5.74, 6) is 2.01. The van der Waals surface area contributed by atoms with E-state index < -0.39 is 0 Å². The van der Waals surface area contributed by atoms with Crippen LogP contribution in [0.2, 0.25) is 0 Å². The highest BCUT2D eigenvalue weighted by molar-refractivity contribution is 5.93. The van der Waals surface area contributed by atoms with Gasteiger partial charge in [0.2, 0.25) is 5.89 Å². The monoisotopic (exact) mass is 366 g/mol. The van der Waals surface area contributed by atoms with Crippen LogP contribution in [-0.4, -0.2) is 43.9 Å². The summed E-state index contributed by atoms with van der Waals surface area (Å²) in [6.45, 7) is 3.05. The number of urea groups is 1. The van der Waals surface area contributed by atoms with Crippen molar-refractivity contribution in [3.63, 3.8) is 0 Å². The summed E-state index contributed by atoms with van der Waals surface area (Å²) in [5.41, 5.74) is 1.91. The van der Waals surface area contributed by atoms with E-state index in [1.165, 1.54) is 0 Å². The molecule has 1 fully saturated rings. The van der Waals surface area contributed by atoms with Crippen LogP contribution in [0, 0.1) is 6.92 Å². The molecular formula is C19H22N6O2. The van der Waals surface area contributed by atoms with Gasteiger partial charge in [0.05, 0.1) is 6.20 Å². The molecule has 1 atom stereocenters. The van der Waals surface area contributed by atoms with E-state index in [2.05, 4.69) is 20.6 Å². The first kappa shape index (κ1) is 17.3. The summed E-state index contributed by atoms with van der Waals surface area (Å²) in [7, 11) is 1.82. The molecule has 1 aliphatic rings. The first-order valence-electron chi connectivity index (χ1n) is 9.05. The molecule has 1 aliphatic heterocycles. The molecule has 4 rings (SSSR count). The fraction of sp³-hybridized carbons (Fsp3) is 0.368. The van der Waals surface area contributed by atoms with E-state index in [0.29, 0.717) is 30.6 Å². The highest BCUT2D eigenvalue weighted by Crippen LogP contribution is 2.29. The van der Waals surface area contributed by atoms with Crippen molar-refractivity contribution in [3.05, 3.63) is 48.2 Å². The third-order valence-electron chi connectivity index (χ3n) is 4.87. The maximum Gasteiger partial charge on any atom is 0.323 e. The second-order valence-electron chi connectivity index (χ2n) is 6.78. The molecule has 140 valence electrons. The number of anilines is 1. The summed E-state index contributed by atoms with van der Waals surface area (Å²) in [4.78, 5) is 19.0. The van der Waals surface area contributed by atoms with E-state index in [-0.39, 0.29) is 11.9 Å². The van der Waals surface area contributed by atoms with Crippen LogP contribution in [0.5, 0.6) is 0 Å². The summed E-state index contributed by atoms with van der Waals surface area (Å²) in [5, 5.41) is 11.4. The lowest BCUT2D eigenvalue weighted by molar-refractivity contribution is 0.190. The molecule has 27 heavy (non-hydrogen) atoms. The van der Waals surface area contributed by atoms with Gasteiger partial charge in [-0.05, 0) is 18.4 Å². The smallest absolute Gasteiger partial charge is 0.323 e. The van der Waals surface area contributed by atoms with E-state index >= 15 is 0 Å². The lowest BCUT2D eigenvalue weighted by Crippen LogP contribution is -2.42. The van der Waals surface area contributed by atoms with Crippen LogP contribution in [-0.2, 0) is 7.05 Å². The molecule has 0 bridgehead atoms. The van der Waals surface area contributed by atoms with Crippen molar-refractivity contribution in [1.29, 1.82) is 0 Å². The van der Waals surface area contributed by atoms with Gasteiger partial charge >= 0.3 is 6.03 Å². The van der Waals surface area contributed by atoms with E-state index in [1.807, 2.05) is 42.3 Å². The average molecular weight is 366 g/mol. The second-order valence-corrected chi connectivity index (χ2v) is 6.78. The van der Waals surface area contributed by atoms with Gasteiger partial charge in [0, 0.05) is 38.5 Å². The number of amides is 2. The summed E-state index contributed by atoms with van der Waals surface area (Å²) in [6, 6.07) is 9.77. The number of carbonyl (C=O) groups excluding carboxylic acids is 1. The van der Waals surface area contributed by atoms with Crippen LogP contribution in [0.25, 0.3) is 11.1 Å².